The zero-order valence-electron chi connectivity index (χ0n) is 11.4. The number of alkyl halides is 3. The maximum atomic E-state index is 13.6. The van der Waals surface area contributed by atoms with Crippen molar-refractivity contribution in [1.82, 2.24) is 5.32 Å². The van der Waals surface area contributed by atoms with Crippen LogP contribution in [0.3, 0.4) is 0 Å². The highest BCUT2D eigenvalue weighted by Gasteiger charge is 2.26. The van der Waals surface area contributed by atoms with Crippen molar-refractivity contribution < 1.29 is 22.3 Å². The Morgan fingerprint density at radius 1 is 1.25 bits per heavy atom. The highest BCUT2D eigenvalue weighted by atomic mass is 19.4. The molecular formula is C14H19F4NO. The summed E-state index contributed by atoms with van der Waals surface area (Å²) in [6, 6.07) is 4.49. The highest BCUT2D eigenvalue weighted by Crippen LogP contribution is 2.25. The molecular weight excluding hydrogens is 274 g/mol. The summed E-state index contributed by atoms with van der Waals surface area (Å²) < 4.78 is 54.8. The molecule has 0 radical (unpaired) electrons. The molecule has 1 aromatic carbocycles. The van der Waals surface area contributed by atoms with E-state index in [1.807, 2.05) is 6.92 Å². The molecule has 6 heteroatoms. The lowest BCUT2D eigenvalue weighted by Gasteiger charge is -2.13. The Balaban J connectivity index is 2.54. The number of ether oxygens (including phenoxy) is 1. The lowest BCUT2D eigenvalue weighted by atomic mass is 10.2. The minimum atomic E-state index is -4.20. The number of hydrogen-bond donors (Lipinski definition) is 1. The van der Waals surface area contributed by atoms with E-state index in [1.54, 1.807) is 12.1 Å². The Morgan fingerprint density at radius 2 is 2.00 bits per heavy atom. The highest BCUT2D eigenvalue weighted by molar-refractivity contribution is 5.34. The molecule has 0 saturated heterocycles. The fourth-order valence-corrected chi connectivity index (χ4v) is 1.70. The van der Waals surface area contributed by atoms with Crippen molar-refractivity contribution in [2.75, 3.05) is 13.2 Å². The lowest BCUT2D eigenvalue weighted by molar-refractivity contribution is -0.136. The van der Waals surface area contributed by atoms with Gasteiger partial charge in [-0.3, -0.25) is 0 Å². The second kappa shape index (κ2) is 8.09. The van der Waals surface area contributed by atoms with Crippen molar-refractivity contribution in [3.8, 4) is 5.75 Å². The molecule has 1 rings (SSSR count). The first-order chi connectivity index (χ1) is 9.44. The summed E-state index contributed by atoms with van der Waals surface area (Å²) in [6.45, 7) is 3.07. The summed E-state index contributed by atoms with van der Waals surface area (Å²) in [5.74, 6) is -0.508. The van der Waals surface area contributed by atoms with Crippen LogP contribution in [-0.2, 0) is 6.54 Å². The molecule has 0 aliphatic rings. The number of nitrogens with one attached hydrogen (secondary N) is 1. The zero-order valence-corrected chi connectivity index (χ0v) is 11.4. The Bertz CT molecular complexity index is 407. The fourth-order valence-electron chi connectivity index (χ4n) is 1.70. The molecule has 0 aliphatic carbocycles. The fraction of sp³-hybridized carbons (Fsp3) is 0.571. The van der Waals surface area contributed by atoms with Gasteiger partial charge in [-0.15, -0.1) is 0 Å². The van der Waals surface area contributed by atoms with Gasteiger partial charge in [-0.2, -0.15) is 13.2 Å². The van der Waals surface area contributed by atoms with Crippen molar-refractivity contribution in [1.29, 1.82) is 0 Å². The number of benzene rings is 1. The molecule has 2 nitrogen and oxygen atoms in total. The molecule has 1 aromatic rings. The van der Waals surface area contributed by atoms with E-state index in [-0.39, 0.29) is 18.8 Å². The molecule has 0 bridgehead atoms. The molecule has 114 valence electrons. The molecule has 0 fully saturated rings. The Labute approximate surface area is 116 Å². The van der Waals surface area contributed by atoms with Gasteiger partial charge in [0, 0.05) is 18.5 Å². The van der Waals surface area contributed by atoms with E-state index in [2.05, 4.69) is 5.32 Å². The maximum Gasteiger partial charge on any atom is 0.389 e. The van der Waals surface area contributed by atoms with Gasteiger partial charge in [0.05, 0.1) is 6.61 Å². The lowest BCUT2D eigenvalue weighted by Crippen LogP contribution is -2.16. The van der Waals surface area contributed by atoms with E-state index >= 15 is 0 Å². The standard InChI is InChI=1S/C14H19F4NO/c1-2-8-19-10-11-5-3-6-12(15)13(11)20-9-4-7-14(16,17)18/h3,5-6,19H,2,4,7-10H2,1H3. The quantitative estimate of drug-likeness (QED) is 0.577. The molecule has 0 atom stereocenters. The first kappa shape index (κ1) is 16.8. The minimum Gasteiger partial charge on any atom is -0.490 e. The molecule has 0 unspecified atom stereocenters. The van der Waals surface area contributed by atoms with Crippen molar-refractivity contribution in [2.24, 2.45) is 0 Å². The molecule has 0 heterocycles. The van der Waals surface area contributed by atoms with E-state index in [1.165, 1.54) is 6.07 Å². The normalized spacial score (nSPS) is 11.7. The van der Waals surface area contributed by atoms with Crippen LogP contribution in [0, 0.1) is 5.82 Å². The smallest absolute Gasteiger partial charge is 0.389 e. The second-order valence-corrected chi connectivity index (χ2v) is 4.47. The first-order valence-corrected chi connectivity index (χ1v) is 6.61. The topological polar surface area (TPSA) is 21.3 Å². The van der Waals surface area contributed by atoms with Gasteiger partial charge in [0.25, 0.3) is 0 Å². The molecule has 1 N–H and O–H groups in total. The average Bonchev–Trinajstić information content (AvgIpc) is 2.36. The van der Waals surface area contributed by atoms with Crippen LogP contribution in [0.4, 0.5) is 17.6 Å². The van der Waals surface area contributed by atoms with E-state index in [9.17, 15) is 17.6 Å². The Kier molecular flexibility index (Phi) is 6.78. The Hall–Kier alpha value is -1.30. The third kappa shape index (κ3) is 6.23. The SMILES string of the molecule is CCCNCc1cccc(F)c1OCCCC(F)(F)F. The summed E-state index contributed by atoms with van der Waals surface area (Å²) in [6.07, 6.45) is -4.37. The van der Waals surface area contributed by atoms with E-state index in [0.717, 1.165) is 13.0 Å². The van der Waals surface area contributed by atoms with Crippen LogP contribution in [0.2, 0.25) is 0 Å². The largest absolute Gasteiger partial charge is 0.490 e. The van der Waals surface area contributed by atoms with Crippen LogP contribution in [0.15, 0.2) is 18.2 Å². The van der Waals surface area contributed by atoms with Crippen LogP contribution < -0.4 is 10.1 Å². The predicted molar refractivity (Wildman–Crippen MR) is 69.2 cm³/mol. The summed E-state index contributed by atoms with van der Waals surface area (Å²) in [4.78, 5) is 0. The maximum absolute atomic E-state index is 13.6. The summed E-state index contributed by atoms with van der Waals surface area (Å²) >= 11 is 0. The summed E-state index contributed by atoms with van der Waals surface area (Å²) in [7, 11) is 0. The number of halogens is 4. The van der Waals surface area contributed by atoms with Crippen molar-refractivity contribution in [3.63, 3.8) is 0 Å². The zero-order chi connectivity index (χ0) is 15.0. The van der Waals surface area contributed by atoms with Crippen LogP contribution in [0.1, 0.15) is 31.7 Å². The van der Waals surface area contributed by atoms with Gasteiger partial charge < -0.3 is 10.1 Å². The summed E-state index contributed by atoms with van der Waals surface area (Å²) in [5, 5.41) is 3.11. The van der Waals surface area contributed by atoms with E-state index in [4.69, 9.17) is 4.74 Å². The van der Waals surface area contributed by atoms with Gasteiger partial charge in [0.2, 0.25) is 0 Å². The van der Waals surface area contributed by atoms with Gasteiger partial charge in [-0.25, -0.2) is 4.39 Å². The molecule has 20 heavy (non-hydrogen) atoms. The van der Waals surface area contributed by atoms with Gasteiger partial charge in [0.1, 0.15) is 0 Å². The first-order valence-electron chi connectivity index (χ1n) is 6.61. The summed E-state index contributed by atoms with van der Waals surface area (Å²) in [5.41, 5.74) is 0.616. The molecule has 0 saturated carbocycles. The van der Waals surface area contributed by atoms with Gasteiger partial charge >= 0.3 is 6.18 Å². The molecule has 0 spiro atoms. The van der Waals surface area contributed by atoms with Crippen LogP contribution in [0.25, 0.3) is 0 Å². The minimum absolute atomic E-state index is 0.0401. The molecule has 0 amide bonds. The van der Waals surface area contributed by atoms with E-state index in [0.29, 0.717) is 12.1 Å². The average molecular weight is 293 g/mol. The predicted octanol–water partition coefficient (Wildman–Crippen LogP) is 4.05. The third-order valence-corrected chi connectivity index (χ3v) is 2.64. The van der Waals surface area contributed by atoms with Gasteiger partial charge in [-0.05, 0) is 25.5 Å². The van der Waals surface area contributed by atoms with E-state index < -0.39 is 18.4 Å². The number of rotatable bonds is 8. The third-order valence-electron chi connectivity index (χ3n) is 2.64. The number of hydrogen-bond acceptors (Lipinski definition) is 2. The molecule has 0 aromatic heterocycles. The molecule has 0 aliphatic heterocycles. The van der Waals surface area contributed by atoms with Crippen molar-refractivity contribution >= 4 is 0 Å². The van der Waals surface area contributed by atoms with Gasteiger partial charge in [0.15, 0.2) is 11.6 Å². The monoisotopic (exact) mass is 293 g/mol. The van der Waals surface area contributed by atoms with Crippen molar-refractivity contribution in [2.45, 2.75) is 38.9 Å². The van der Waals surface area contributed by atoms with Crippen LogP contribution >= 0.6 is 0 Å². The van der Waals surface area contributed by atoms with Crippen LogP contribution in [-0.4, -0.2) is 19.3 Å². The Morgan fingerprint density at radius 3 is 2.65 bits per heavy atom. The van der Waals surface area contributed by atoms with Crippen molar-refractivity contribution in [3.05, 3.63) is 29.6 Å². The van der Waals surface area contributed by atoms with Crippen LogP contribution in [0.5, 0.6) is 5.75 Å². The second-order valence-electron chi connectivity index (χ2n) is 4.47. The number of para-hydroxylation sites is 1. The van der Waals surface area contributed by atoms with Gasteiger partial charge in [-0.1, -0.05) is 19.1 Å².